The molecule has 5 aromatic rings. The number of aromatic nitrogens is 1. The fourth-order valence-electron chi connectivity index (χ4n) is 3.89. The van der Waals surface area contributed by atoms with E-state index in [9.17, 15) is 0 Å². The monoisotopic (exact) mass is 349 g/mol. The van der Waals surface area contributed by atoms with Gasteiger partial charge in [-0.2, -0.15) is 9.83 Å². The molecule has 27 heavy (non-hydrogen) atoms. The van der Waals surface area contributed by atoms with E-state index in [0.29, 0.717) is 5.56 Å². The minimum absolute atomic E-state index is 0.611. The Morgan fingerprint density at radius 3 is 2.56 bits per heavy atom. The summed E-state index contributed by atoms with van der Waals surface area (Å²) in [6.07, 6.45) is 0. The summed E-state index contributed by atoms with van der Waals surface area (Å²) in [4.78, 5) is 0. The number of pyridine rings is 1. The molecule has 0 aliphatic heterocycles. The van der Waals surface area contributed by atoms with Crippen LogP contribution in [-0.2, 0) is 7.05 Å². The lowest BCUT2D eigenvalue weighted by atomic mass is 10.0. The topological polar surface area (TPSA) is 40.8 Å². The molecular formula is C24H17N2O+. The van der Waals surface area contributed by atoms with Crippen molar-refractivity contribution in [3.63, 3.8) is 0 Å². The average Bonchev–Trinajstić information content (AvgIpc) is 3.04. The first-order valence-corrected chi connectivity index (χ1v) is 8.91. The van der Waals surface area contributed by atoms with E-state index in [1.165, 1.54) is 16.5 Å². The highest BCUT2D eigenvalue weighted by atomic mass is 16.3. The van der Waals surface area contributed by atoms with Gasteiger partial charge in [0.05, 0.1) is 17.2 Å². The van der Waals surface area contributed by atoms with Crippen LogP contribution < -0.4 is 4.57 Å². The number of nitrogens with zero attached hydrogens (tertiary/aromatic N) is 2. The third-order valence-electron chi connectivity index (χ3n) is 5.30. The molecule has 0 atom stereocenters. The maximum Gasteiger partial charge on any atom is 0.213 e. The number of hydrogen-bond donors (Lipinski definition) is 0. The predicted molar refractivity (Wildman–Crippen MR) is 107 cm³/mol. The predicted octanol–water partition coefficient (Wildman–Crippen LogP) is 5.41. The maximum absolute atomic E-state index is 9.13. The molecule has 5 rings (SSSR count). The SMILES string of the molecule is Cc1cc2c(cc1-c1ccc3ccccc3[n+]1C)oc1cc(C#N)ccc12. The molecule has 0 saturated carbocycles. The van der Waals surface area contributed by atoms with Crippen LogP contribution in [-0.4, -0.2) is 0 Å². The van der Waals surface area contributed by atoms with Crippen LogP contribution in [0.3, 0.4) is 0 Å². The standard InChI is InChI=1S/C24H17N2O/c1-15-11-20-18-9-7-16(14-25)12-23(18)27-24(20)13-19(15)22-10-8-17-5-3-4-6-21(17)26(22)2/h3-13H,1-2H3/q+1. The smallest absolute Gasteiger partial charge is 0.213 e. The number of rotatable bonds is 1. The van der Waals surface area contributed by atoms with Crippen molar-refractivity contribution in [1.82, 2.24) is 0 Å². The zero-order valence-corrected chi connectivity index (χ0v) is 15.2. The van der Waals surface area contributed by atoms with Gasteiger partial charge >= 0.3 is 0 Å². The molecule has 0 aliphatic rings. The van der Waals surface area contributed by atoms with Crippen LogP contribution in [0.2, 0.25) is 0 Å². The van der Waals surface area contributed by atoms with Gasteiger partial charge in [0, 0.05) is 28.3 Å². The van der Waals surface area contributed by atoms with E-state index in [4.69, 9.17) is 9.68 Å². The van der Waals surface area contributed by atoms with Crippen LogP contribution in [0.5, 0.6) is 0 Å². The second-order valence-corrected chi connectivity index (χ2v) is 6.92. The molecule has 3 heteroatoms. The Kier molecular flexibility index (Phi) is 3.29. The molecule has 0 spiro atoms. The van der Waals surface area contributed by atoms with E-state index < -0.39 is 0 Å². The first kappa shape index (κ1) is 15.6. The Hall–Kier alpha value is -3.64. The Balaban J connectivity index is 1.79. The summed E-state index contributed by atoms with van der Waals surface area (Å²) in [5, 5.41) is 12.5. The lowest BCUT2D eigenvalue weighted by Gasteiger charge is -2.07. The summed E-state index contributed by atoms with van der Waals surface area (Å²) in [6.45, 7) is 2.13. The van der Waals surface area contributed by atoms with Gasteiger partial charge in [-0.05, 0) is 55.0 Å². The zero-order chi connectivity index (χ0) is 18.5. The lowest BCUT2D eigenvalue weighted by molar-refractivity contribution is -0.633. The Morgan fingerprint density at radius 2 is 1.70 bits per heavy atom. The highest BCUT2D eigenvalue weighted by Gasteiger charge is 2.18. The van der Waals surface area contributed by atoms with Crippen molar-refractivity contribution in [2.24, 2.45) is 7.05 Å². The lowest BCUT2D eigenvalue weighted by Crippen LogP contribution is -2.32. The Bertz CT molecular complexity index is 1400. The van der Waals surface area contributed by atoms with Crippen molar-refractivity contribution >= 4 is 32.8 Å². The summed E-state index contributed by atoms with van der Waals surface area (Å²) in [5.41, 5.74) is 6.89. The van der Waals surface area contributed by atoms with Crippen molar-refractivity contribution in [2.75, 3.05) is 0 Å². The summed E-state index contributed by atoms with van der Waals surface area (Å²) in [5.74, 6) is 0. The quantitative estimate of drug-likeness (QED) is 0.380. The van der Waals surface area contributed by atoms with E-state index in [1.54, 1.807) is 6.07 Å². The fraction of sp³-hybridized carbons (Fsp3) is 0.0833. The van der Waals surface area contributed by atoms with Crippen molar-refractivity contribution < 1.29 is 8.98 Å². The molecule has 0 fully saturated rings. The molecule has 0 saturated heterocycles. The molecule has 0 bridgehead atoms. The Labute approximate surface area is 156 Å². The van der Waals surface area contributed by atoms with Crippen LogP contribution in [0, 0.1) is 18.3 Å². The van der Waals surface area contributed by atoms with Crippen LogP contribution in [0.1, 0.15) is 11.1 Å². The number of nitriles is 1. The average molecular weight is 349 g/mol. The molecule has 3 aromatic carbocycles. The minimum atomic E-state index is 0.611. The van der Waals surface area contributed by atoms with Gasteiger partial charge in [-0.15, -0.1) is 0 Å². The van der Waals surface area contributed by atoms with E-state index in [1.807, 2.05) is 12.1 Å². The summed E-state index contributed by atoms with van der Waals surface area (Å²) >= 11 is 0. The van der Waals surface area contributed by atoms with Crippen LogP contribution in [0.4, 0.5) is 0 Å². The van der Waals surface area contributed by atoms with Crippen molar-refractivity contribution in [2.45, 2.75) is 6.92 Å². The second-order valence-electron chi connectivity index (χ2n) is 6.92. The molecule has 2 aromatic heterocycles. The van der Waals surface area contributed by atoms with Gasteiger partial charge in [0.15, 0.2) is 0 Å². The van der Waals surface area contributed by atoms with Crippen molar-refractivity contribution in [3.05, 3.63) is 77.9 Å². The van der Waals surface area contributed by atoms with E-state index in [-0.39, 0.29) is 0 Å². The van der Waals surface area contributed by atoms with Gasteiger partial charge in [0.1, 0.15) is 18.2 Å². The van der Waals surface area contributed by atoms with Crippen LogP contribution in [0.25, 0.3) is 44.1 Å². The maximum atomic E-state index is 9.13. The number of hydrogen-bond acceptors (Lipinski definition) is 2. The highest BCUT2D eigenvalue weighted by Crippen LogP contribution is 2.34. The summed E-state index contributed by atoms with van der Waals surface area (Å²) in [7, 11) is 2.10. The van der Waals surface area contributed by atoms with Crippen molar-refractivity contribution in [1.29, 1.82) is 5.26 Å². The third kappa shape index (κ3) is 2.31. The summed E-state index contributed by atoms with van der Waals surface area (Å²) in [6, 6.07) is 24.8. The van der Waals surface area contributed by atoms with Gasteiger partial charge in [0.25, 0.3) is 0 Å². The molecule has 128 valence electrons. The number of para-hydroxylation sites is 1. The molecule has 0 N–H and O–H groups in total. The van der Waals surface area contributed by atoms with Gasteiger partial charge in [-0.25, -0.2) is 0 Å². The van der Waals surface area contributed by atoms with Gasteiger partial charge < -0.3 is 4.42 Å². The van der Waals surface area contributed by atoms with E-state index >= 15 is 0 Å². The van der Waals surface area contributed by atoms with Crippen molar-refractivity contribution in [3.8, 4) is 17.3 Å². The fourth-order valence-corrected chi connectivity index (χ4v) is 3.89. The van der Waals surface area contributed by atoms with E-state index in [0.717, 1.165) is 33.2 Å². The Morgan fingerprint density at radius 1 is 0.889 bits per heavy atom. The van der Waals surface area contributed by atoms with Gasteiger partial charge in [-0.3, -0.25) is 0 Å². The second kappa shape index (κ2) is 5.69. The van der Waals surface area contributed by atoms with Crippen LogP contribution in [0.15, 0.2) is 71.1 Å². The molecule has 0 amide bonds. The van der Waals surface area contributed by atoms with Gasteiger partial charge in [0.2, 0.25) is 11.2 Å². The minimum Gasteiger partial charge on any atom is -0.456 e. The van der Waals surface area contributed by atoms with Crippen LogP contribution >= 0.6 is 0 Å². The third-order valence-corrected chi connectivity index (χ3v) is 5.30. The first-order valence-electron chi connectivity index (χ1n) is 8.91. The number of furan rings is 1. The highest BCUT2D eigenvalue weighted by molar-refractivity contribution is 6.06. The molecule has 3 nitrogen and oxygen atoms in total. The zero-order valence-electron chi connectivity index (χ0n) is 15.2. The molecular weight excluding hydrogens is 332 g/mol. The molecule has 0 aliphatic carbocycles. The molecule has 2 heterocycles. The number of aryl methyl sites for hydroxylation is 2. The number of benzene rings is 3. The number of fused-ring (bicyclic) bond motifs is 4. The van der Waals surface area contributed by atoms with Gasteiger partial charge in [-0.1, -0.05) is 12.1 Å². The summed E-state index contributed by atoms with van der Waals surface area (Å²) < 4.78 is 8.30. The first-order chi connectivity index (χ1) is 13.2. The van der Waals surface area contributed by atoms with E-state index in [2.05, 4.69) is 73.1 Å². The normalized spacial score (nSPS) is 11.3. The molecule has 0 radical (unpaired) electrons. The largest absolute Gasteiger partial charge is 0.456 e. The molecule has 0 unspecified atom stereocenters.